The summed E-state index contributed by atoms with van der Waals surface area (Å²) in [5, 5.41) is 10.0. The van der Waals surface area contributed by atoms with E-state index in [-0.39, 0.29) is 5.75 Å². The summed E-state index contributed by atoms with van der Waals surface area (Å²) in [5.41, 5.74) is 1.60. The van der Waals surface area contributed by atoms with Gasteiger partial charge in [-0.15, -0.1) is 0 Å². The van der Waals surface area contributed by atoms with E-state index in [1.165, 1.54) is 0 Å². The van der Waals surface area contributed by atoms with Crippen LogP contribution in [0.4, 0.5) is 5.82 Å². The lowest BCUT2D eigenvalue weighted by atomic mass is 10.2. The van der Waals surface area contributed by atoms with E-state index >= 15 is 0 Å². The van der Waals surface area contributed by atoms with Gasteiger partial charge >= 0.3 is 0 Å². The van der Waals surface area contributed by atoms with Crippen LogP contribution in [-0.2, 0) is 0 Å². The average molecular weight is 298 g/mol. The van der Waals surface area contributed by atoms with E-state index in [0.29, 0.717) is 11.4 Å². The first kappa shape index (κ1) is 14.8. The van der Waals surface area contributed by atoms with Crippen LogP contribution in [0.1, 0.15) is 12.6 Å². The number of likely N-dealkylation sites (N-methyl/N-ethyl adjacent to an activating group) is 1. The van der Waals surface area contributed by atoms with Gasteiger partial charge < -0.3 is 14.9 Å². The van der Waals surface area contributed by atoms with Crippen molar-refractivity contribution in [1.29, 1.82) is 0 Å². The lowest BCUT2D eigenvalue weighted by Gasteiger charge is -2.34. The summed E-state index contributed by atoms with van der Waals surface area (Å²) in [6, 6.07) is 9.23. The molecule has 5 heteroatoms. The Bertz CT molecular complexity index is 651. The Balaban J connectivity index is 1.89. The molecule has 1 aromatic carbocycles. The number of rotatable bonds is 3. The van der Waals surface area contributed by atoms with E-state index < -0.39 is 0 Å². The minimum Gasteiger partial charge on any atom is -0.507 e. The van der Waals surface area contributed by atoms with Crippen molar-refractivity contribution >= 4 is 5.82 Å². The molecule has 0 spiro atoms. The number of piperazine rings is 1. The van der Waals surface area contributed by atoms with Gasteiger partial charge in [-0.25, -0.2) is 9.97 Å². The van der Waals surface area contributed by atoms with Crippen LogP contribution >= 0.6 is 0 Å². The fourth-order valence-corrected chi connectivity index (χ4v) is 2.79. The number of phenols is 1. The van der Waals surface area contributed by atoms with E-state index in [2.05, 4.69) is 26.7 Å². The zero-order valence-corrected chi connectivity index (χ0v) is 13.2. The maximum atomic E-state index is 10.0. The molecule has 1 saturated heterocycles. The Morgan fingerprint density at radius 1 is 1.09 bits per heavy atom. The van der Waals surface area contributed by atoms with Crippen LogP contribution in [0, 0.1) is 6.92 Å². The third-order valence-electron chi connectivity index (χ3n) is 4.13. The molecule has 1 aliphatic rings. The second-order valence-electron chi connectivity index (χ2n) is 5.63. The number of anilines is 1. The smallest absolute Gasteiger partial charge is 0.165 e. The Morgan fingerprint density at radius 2 is 1.82 bits per heavy atom. The first-order valence-corrected chi connectivity index (χ1v) is 7.78. The second kappa shape index (κ2) is 6.32. The molecular formula is C17H22N4O. The number of para-hydroxylation sites is 1. The molecule has 0 bridgehead atoms. The van der Waals surface area contributed by atoms with Crippen LogP contribution in [0.3, 0.4) is 0 Å². The van der Waals surface area contributed by atoms with Crippen molar-refractivity contribution in [2.75, 3.05) is 37.6 Å². The van der Waals surface area contributed by atoms with Crippen molar-refractivity contribution in [2.24, 2.45) is 0 Å². The highest BCUT2D eigenvalue weighted by Crippen LogP contribution is 2.27. The van der Waals surface area contributed by atoms with Crippen molar-refractivity contribution in [3.63, 3.8) is 0 Å². The predicted octanol–water partition coefficient (Wildman–Crippen LogP) is 2.30. The maximum absolute atomic E-state index is 10.0. The molecule has 22 heavy (non-hydrogen) atoms. The third kappa shape index (κ3) is 3.04. The fraction of sp³-hybridized carbons (Fsp3) is 0.412. The standard InChI is InChI=1S/C17H22N4O/c1-3-20-8-10-21(11-9-20)16-12-13(2)18-17(19-16)14-6-4-5-7-15(14)22/h4-7,12,22H,3,8-11H2,1-2H3. The summed E-state index contributed by atoms with van der Waals surface area (Å²) in [5.74, 6) is 1.75. The van der Waals surface area contributed by atoms with E-state index in [0.717, 1.165) is 44.2 Å². The number of nitrogens with zero attached hydrogens (tertiary/aromatic N) is 4. The van der Waals surface area contributed by atoms with Gasteiger partial charge in [0.05, 0.1) is 5.56 Å². The van der Waals surface area contributed by atoms with Gasteiger partial charge in [0, 0.05) is 37.9 Å². The molecule has 0 aliphatic carbocycles. The molecular weight excluding hydrogens is 276 g/mol. The van der Waals surface area contributed by atoms with E-state index in [1.54, 1.807) is 12.1 Å². The molecule has 0 amide bonds. The van der Waals surface area contributed by atoms with Gasteiger partial charge in [-0.2, -0.15) is 0 Å². The number of phenolic OH excluding ortho intramolecular Hbond substituents is 1. The molecule has 0 unspecified atom stereocenters. The van der Waals surface area contributed by atoms with Crippen LogP contribution in [0.25, 0.3) is 11.4 Å². The van der Waals surface area contributed by atoms with Crippen LogP contribution in [0.2, 0.25) is 0 Å². The van der Waals surface area contributed by atoms with Gasteiger partial charge in [0.15, 0.2) is 5.82 Å². The molecule has 116 valence electrons. The Hall–Kier alpha value is -2.14. The molecule has 1 N–H and O–H groups in total. The van der Waals surface area contributed by atoms with Crippen LogP contribution in [0.15, 0.2) is 30.3 Å². The summed E-state index contributed by atoms with van der Waals surface area (Å²) in [6.07, 6.45) is 0. The quantitative estimate of drug-likeness (QED) is 0.942. The maximum Gasteiger partial charge on any atom is 0.165 e. The van der Waals surface area contributed by atoms with Crippen molar-refractivity contribution in [3.8, 4) is 17.1 Å². The average Bonchev–Trinajstić information content (AvgIpc) is 2.55. The van der Waals surface area contributed by atoms with Gasteiger partial charge in [0.25, 0.3) is 0 Å². The van der Waals surface area contributed by atoms with E-state index in [1.807, 2.05) is 25.1 Å². The summed E-state index contributed by atoms with van der Waals surface area (Å²) in [6.45, 7) is 9.34. The molecule has 1 aliphatic heterocycles. The Kier molecular flexibility index (Phi) is 4.24. The number of hydrogen-bond donors (Lipinski definition) is 1. The molecule has 0 saturated carbocycles. The molecule has 0 atom stereocenters. The van der Waals surface area contributed by atoms with Gasteiger partial charge in [-0.3, -0.25) is 0 Å². The summed E-state index contributed by atoms with van der Waals surface area (Å²) < 4.78 is 0. The van der Waals surface area contributed by atoms with E-state index in [9.17, 15) is 5.11 Å². The number of hydrogen-bond acceptors (Lipinski definition) is 5. The minimum absolute atomic E-state index is 0.217. The highest BCUT2D eigenvalue weighted by atomic mass is 16.3. The number of aromatic hydroxyl groups is 1. The predicted molar refractivity (Wildman–Crippen MR) is 88.2 cm³/mol. The summed E-state index contributed by atoms with van der Waals surface area (Å²) in [7, 11) is 0. The molecule has 5 nitrogen and oxygen atoms in total. The normalized spacial score (nSPS) is 16.0. The lowest BCUT2D eigenvalue weighted by Crippen LogP contribution is -2.46. The lowest BCUT2D eigenvalue weighted by molar-refractivity contribution is 0.270. The van der Waals surface area contributed by atoms with Gasteiger partial charge in [-0.1, -0.05) is 19.1 Å². The van der Waals surface area contributed by atoms with Crippen molar-refractivity contribution in [3.05, 3.63) is 36.0 Å². The molecule has 1 fully saturated rings. The largest absolute Gasteiger partial charge is 0.507 e. The monoisotopic (exact) mass is 298 g/mol. The minimum atomic E-state index is 0.217. The second-order valence-corrected chi connectivity index (χ2v) is 5.63. The molecule has 3 rings (SSSR count). The Morgan fingerprint density at radius 3 is 2.50 bits per heavy atom. The van der Waals surface area contributed by atoms with Crippen molar-refractivity contribution < 1.29 is 5.11 Å². The fourth-order valence-electron chi connectivity index (χ4n) is 2.79. The highest BCUT2D eigenvalue weighted by Gasteiger charge is 2.18. The SMILES string of the molecule is CCN1CCN(c2cc(C)nc(-c3ccccc3O)n2)CC1. The van der Waals surface area contributed by atoms with Crippen LogP contribution in [-0.4, -0.2) is 52.7 Å². The molecule has 0 radical (unpaired) electrons. The number of aromatic nitrogens is 2. The van der Waals surface area contributed by atoms with Gasteiger partial charge in [0.2, 0.25) is 0 Å². The molecule has 2 aromatic rings. The van der Waals surface area contributed by atoms with Crippen LogP contribution in [0.5, 0.6) is 5.75 Å². The zero-order chi connectivity index (χ0) is 15.5. The first-order valence-electron chi connectivity index (χ1n) is 7.78. The Labute approximate surface area is 131 Å². The van der Waals surface area contributed by atoms with Gasteiger partial charge in [-0.05, 0) is 25.6 Å². The number of benzene rings is 1. The van der Waals surface area contributed by atoms with Crippen LogP contribution < -0.4 is 4.90 Å². The van der Waals surface area contributed by atoms with Crippen molar-refractivity contribution in [1.82, 2.24) is 14.9 Å². The van der Waals surface area contributed by atoms with E-state index in [4.69, 9.17) is 0 Å². The highest BCUT2D eigenvalue weighted by molar-refractivity contribution is 5.65. The molecule has 2 heterocycles. The topological polar surface area (TPSA) is 52.5 Å². The number of aryl methyl sites for hydroxylation is 1. The zero-order valence-electron chi connectivity index (χ0n) is 13.2. The first-order chi connectivity index (χ1) is 10.7. The third-order valence-corrected chi connectivity index (χ3v) is 4.13. The van der Waals surface area contributed by atoms with Crippen molar-refractivity contribution in [2.45, 2.75) is 13.8 Å². The summed E-state index contributed by atoms with van der Waals surface area (Å²) >= 11 is 0. The summed E-state index contributed by atoms with van der Waals surface area (Å²) in [4.78, 5) is 13.9. The van der Waals surface area contributed by atoms with Gasteiger partial charge in [0.1, 0.15) is 11.6 Å². The molecule has 1 aromatic heterocycles.